The Kier molecular flexibility index (Phi) is 3.95. The predicted molar refractivity (Wildman–Crippen MR) is 101 cm³/mol. The van der Waals surface area contributed by atoms with Crippen molar-refractivity contribution in [3.8, 4) is 11.5 Å². The number of oxime groups is 1. The maximum atomic E-state index is 13.1. The van der Waals surface area contributed by atoms with Crippen LogP contribution in [0.5, 0.6) is 11.5 Å². The van der Waals surface area contributed by atoms with Gasteiger partial charge in [0.1, 0.15) is 17.6 Å². The Hall–Kier alpha value is -2.04. The smallest absolute Gasteiger partial charge is 0.341 e. The number of rotatable bonds is 3. The van der Waals surface area contributed by atoms with Gasteiger partial charge in [-0.05, 0) is 75.3 Å². The van der Waals surface area contributed by atoms with Crippen molar-refractivity contribution in [1.29, 1.82) is 0 Å². The lowest BCUT2D eigenvalue weighted by atomic mass is 9.49. The van der Waals surface area contributed by atoms with Gasteiger partial charge < -0.3 is 14.3 Å². The van der Waals surface area contributed by atoms with Crippen molar-refractivity contribution in [3.63, 3.8) is 0 Å². The zero-order chi connectivity index (χ0) is 18.6. The highest BCUT2D eigenvalue weighted by Gasteiger charge is 2.55. The van der Waals surface area contributed by atoms with E-state index in [4.69, 9.17) is 14.3 Å². The lowest BCUT2D eigenvalue weighted by Gasteiger charge is -2.54. The third-order valence-corrected chi connectivity index (χ3v) is 7.02. The molecule has 144 valence electrons. The molecule has 0 spiro atoms. The SMILES string of the molecule is COc1ccc2c(c1)OC(C)CC2=NOC(=O)C12CC3CC(CC(C3)C1)C2. The summed E-state index contributed by atoms with van der Waals surface area (Å²) >= 11 is 0. The van der Waals surface area contributed by atoms with Crippen molar-refractivity contribution < 1.29 is 19.1 Å². The summed E-state index contributed by atoms with van der Waals surface area (Å²) in [5, 5.41) is 4.33. The molecule has 6 rings (SSSR count). The van der Waals surface area contributed by atoms with Gasteiger partial charge in [-0.15, -0.1) is 0 Å². The van der Waals surface area contributed by atoms with Crippen LogP contribution >= 0.6 is 0 Å². The van der Waals surface area contributed by atoms with Crippen molar-refractivity contribution in [2.75, 3.05) is 7.11 Å². The molecule has 1 atom stereocenters. The van der Waals surface area contributed by atoms with Crippen molar-refractivity contribution in [2.24, 2.45) is 28.3 Å². The van der Waals surface area contributed by atoms with Crippen LogP contribution in [-0.2, 0) is 9.63 Å². The third kappa shape index (κ3) is 2.91. The summed E-state index contributed by atoms with van der Waals surface area (Å²) in [6.07, 6.45) is 7.54. The Morgan fingerprint density at radius 3 is 2.44 bits per heavy atom. The second-order valence-electron chi connectivity index (χ2n) is 9.11. The van der Waals surface area contributed by atoms with E-state index in [0.717, 1.165) is 42.0 Å². The molecule has 5 aliphatic rings. The third-order valence-electron chi connectivity index (χ3n) is 7.02. The highest BCUT2D eigenvalue weighted by Crippen LogP contribution is 2.60. The zero-order valence-corrected chi connectivity index (χ0v) is 16.1. The minimum atomic E-state index is -0.279. The van der Waals surface area contributed by atoms with Crippen molar-refractivity contribution in [3.05, 3.63) is 23.8 Å². The molecular formula is C22H27NO4. The van der Waals surface area contributed by atoms with E-state index in [2.05, 4.69) is 5.16 Å². The molecule has 5 nitrogen and oxygen atoms in total. The fourth-order valence-corrected chi connectivity index (χ4v) is 6.25. The summed E-state index contributed by atoms with van der Waals surface area (Å²) < 4.78 is 11.2. The number of methoxy groups -OCH3 is 1. The van der Waals surface area contributed by atoms with E-state index in [0.29, 0.717) is 24.2 Å². The molecule has 4 bridgehead atoms. The molecule has 4 fully saturated rings. The van der Waals surface area contributed by atoms with E-state index in [9.17, 15) is 4.79 Å². The Morgan fingerprint density at radius 1 is 1.15 bits per heavy atom. The van der Waals surface area contributed by atoms with Gasteiger partial charge in [-0.2, -0.15) is 0 Å². The van der Waals surface area contributed by atoms with Crippen LogP contribution in [0.2, 0.25) is 0 Å². The fraction of sp³-hybridized carbons (Fsp3) is 0.636. The molecule has 27 heavy (non-hydrogen) atoms. The van der Waals surface area contributed by atoms with Crippen LogP contribution in [0, 0.1) is 23.2 Å². The lowest BCUT2D eigenvalue weighted by Crippen LogP contribution is -2.50. The van der Waals surface area contributed by atoms with Crippen LogP contribution in [0.3, 0.4) is 0 Å². The topological polar surface area (TPSA) is 57.1 Å². The second kappa shape index (κ2) is 6.25. The van der Waals surface area contributed by atoms with Crippen LogP contribution in [0.1, 0.15) is 57.4 Å². The van der Waals surface area contributed by atoms with Crippen LogP contribution in [0.25, 0.3) is 0 Å². The Bertz CT molecular complexity index is 764. The number of ether oxygens (including phenoxy) is 2. The Balaban J connectivity index is 1.38. The molecule has 0 radical (unpaired) electrons. The molecule has 0 aromatic heterocycles. The molecule has 4 saturated carbocycles. The molecule has 1 heterocycles. The molecule has 0 N–H and O–H groups in total. The van der Waals surface area contributed by atoms with Crippen LogP contribution < -0.4 is 9.47 Å². The summed E-state index contributed by atoms with van der Waals surface area (Å²) in [6, 6.07) is 5.67. The van der Waals surface area contributed by atoms with Gasteiger partial charge in [0.05, 0.1) is 18.2 Å². The molecule has 5 heteroatoms. The minimum Gasteiger partial charge on any atom is -0.497 e. The number of carbonyl (C=O) groups excluding carboxylic acids is 1. The van der Waals surface area contributed by atoms with E-state index in [1.807, 2.05) is 25.1 Å². The summed E-state index contributed by atoms with van der Waals surface area (Å²) in [7, 11) is 1.64. The van der Waals surface area contributed by atoms with Gasteiger partial charge in [-0.1, -0.05) is 5.16 Å². The highest BCUT2D eigenvalue weighted by atomic mass is 16.7. The summed E-state index contributed by atoms with van der Waals surface area (Å²) in [6.45, 7) is 2.00. The minimum absolute atomic E-state index is 0.0124. The number of hydrogen-bond donors (Lipinski definition) is 0. The molecule has 1 aromatic rings. The van der Waals surface area contributed by atoms with Gasteiger partial charge in [0.2, 0.25) is 0 Å². The van der Waals surface area contributed by atoms with Crippen LogP contribution in [-0.4, -0.2) is 24.9 Å². The van der Waals surface area contributed by atoms with E-state index in [1.165, 1.54) is 19.3 Å². The first-order valence-electron chi connectivity index (χ1n) is 10.2. The van der Waals surface area contributed by atoms with Gasteiger partial charge in [0.15, 0.2) is 0 Å². The van der Waals surface area contributed by atoms with Gasteiger partial charge >= 0.3 is 5.97 Å². The number of nitrogens with zero attached hydrogens (tertiary/aromatic N) is 1. The average Bonchev–Trinajstić information content (AvgIpc) is 2.64. The normalized spacial score (nSPS) is 37.6. The molecular weight excluding hydrogens is 342 g/mol. The first-order chi connectivity index (χ1) is 13.0. The molecule has 1 aromatic carbocycles. The molecule has 4 aliphatic carbocycles. The fourth-order valence-electron chi connectivity index (χ4n) is 6.25. The summed E-state index contributed by atoms with van der Waals surface area (Å²) in [5.41, 5.74) is 1.38. The lowest BCUT2D eigenvalue weighted by molar-refractivity contribution is -0.171. The summed E-state index contributed by atoms with van der Waals surface area (Å²) in [4.78, 5) is 18.6. The first kappa shape index (κ1) is 17.1. The highest BCUT2D eigenvalue weighted by molar-refractivity contribution is 6.04. The maximum Gasteiger partial charge on any atom is 0.341 e. The number of fused-ring (bicyclic) bond motifs is 1. The number of benzene rings is 1. The van der Waals surface area contributed by atoms with Crippen LogP contribution in [0.15, 0.2) is 23.4 Å². The van der Waals surface area contributed by atoms with Gasteiger partial charge in [0.25, 0.3) is 0 Å². The number of hydrogen-bond acceptors (Lipinski definition) is 5. The Morgan fingerprint density at radius 2 is 1.81 bits per heavy atom. The molecule has 1 unspecified atom stereocenters. The van der Waals surface area contributed by atoms with Gasteiger partial charge in [0, 0.05) is 18.1 Å². The standard InChI is InChI=1S/C22H27NO4/c1-13-5-19(18-4-3-17(25-2)9-20(18)26-13)23-27-21(24)22-10-14-6-15(11-22)8-16(7-14)12-22/h3-4,9,13-16H,5-8,10-12H2,1-2H3. The van der Waals surface area contributed by atoms with Crippen LogP contribution in [0.4, 0.5) is 0 Å². The zero-order valence-electron chi connectivity index (χ0n) is 16.1. The second-order valence-corrected chi connectivity index (χ2v) is 9.11. The van der Waals surface area contributed by atoms with Crippen molar-refractivity contribution >= 4 is 11.7 Å². The van der Waals surface area contributed by atoms with E-state index >= 15 is 0 Å². The quantitative estimate of drug-likeness (QED) is 0.588. The van der Waals surface area contributed by atoms with E-state index in [1.54, 1.807) is 7.11 Å². The summed E-state index contributed by atoms with van der Waals surface area (Å²) in [5.74, 6) is 3.52. The van der Waals surface area contributed by atoms with Gasteiger partial charge in [-0.3, -0.25) is 0 Å². The molecule has 0 amide bonds. The van der Waals surface area contributed by atoms with Crippen molar-refractivity contribution in [1.82, 2.24) is 0 Å². The monoisotopic (exact) mass is 369 g/mol. The maximum absolute atomic E-state index is 13.1. The molecule has 0 saturated heterocycles. The first-order valence-corrected chi connectivity index (χ1v) is 10.2. The van der Waals surface area contributed by atoms with Crippen molar-refractivity contribution in [2.45, 2.75) is 58.0 Å². The van der Waals surface area contributed by atoms with E-state index < -0.39 is 0 Å². The van der Waals surface area contributed by atoms with E-state index in [-0.39, 0.29) is 17.5 Å². The largest absolute Gasteiger partial charge is 0.497 e. The van der Waals surface area contributed by atoms with Gasteiger partial charge in [-0.25, -0.2) is 4.79 Å². The molecule has 1 aliphatic heterocycles. The predicted octanol–water partition coefficient (Wildman–Crippen LogP) is 4.33. The Labute approximate surface area is 160 Å². The number of carbonyl (C=O) groups is 1. The average molecular weight is 369 g/mol.